The zero-order valence-electron chi connectivity index (χ0n) is 9.58. The maximum atomic E-state index is 11.8. The fraction of sp³-hybridized carbons (Fsp3) is 0.273. The number of aromatic nitrogens is 1. The van der Waals surface area contributed by atoms with Crippen LogP contribution in [-0.4, -0.2) is 35.5 Å². The third kappa shape index (κ3) is 2.59. The van der Waals surface area contributed by atoms with Crippen LogP contribution in [0.1, 0.15) is 5.56 Å². The summed E-state index contributed by atoms with van der Waals surface area (Å²) < 4.78 is 0. The van der Waals surface area contributed by atoms with E-state index >= 15 is 0 Å². The number of hydrogen-bond donors (Lipinski definition) is 1. The zero-order valence-corrected chi connectivity index (χ0v) is 10.4. The molecule has 0 saturated carbocycles. The van der Waals surface area contributed by atoms with Gasteiger partial charge in [-0.2, -0.15) is 0 Å². The minimum Gasteiger partial charge on any atom is -0.364 e. The van der Waals surface area contributed by atoms with Gasteiger partial charge in [0.1, 0.15) is 0 Å². The number of likely N-dealkylation sites (N-methyl/N-ethyl adjacent to an activating group) is 1. The van der Waals surface area contributed by atoms with Crippen LogP contribution in [0.2, 0.25) is 0 Å². The molecule has 5 nitrogen and oxygen atoms in total. The Labute approximate surface area is 104 Å². The number of nitrogens with zero attached hydrogens (tertiary/aromatic N) is 2. The Kier molecular flexibility index (Phi) is 3.65. The number of pyridine rings is 1. The maximum absolute atomic E-state index is 11.8. The Hall–Kier alpha value is -1.53. The first-order valence-electron chi connectivity index (χ1n) is 5.06. The maximum Gasteiger partial charge on any atom is 0.279 e. The molecule has 1 aliphatic heterocycles. The third-order valence-corrected chi connectivity index (χ3v) is 3.37. The number of hydrogen-bond acceptors (Lipinski definition) is 5. The minimum absolute atomic E-state index is 0.113. The number of carbonyl (C=O) groups is 1. The molecule has 0 bridgehead atoms. The molecule has 1 amide bonds. The normalized spacial score (nSPS) is 18.5. The third-order valence-electron chi connectivity index (χ3n) is 2.41. The fourth-order valence-electron chi connectivity index (χ4n) is 1.40. The quantitative estimate of drug-likeness (QED) is 0.814. The average Bonchev–Trinajstić information content (AvgIpc) is 2.87. The fourth-order valence-corrected chi connectivity index (χ4v) is 2.34. The van der Waals surface area contributed by atoms with Gasteiger partial charge in [0.2, 0.25) is 0 Å². The smallest absolute Gasteiger partial charge is 0.279 e. The summed E-state index contributed by atoms with van der Waals surface area (Å²) in [4.78, 5) is 20.6. The first-order valence-corrected chi connectivity index (χ1v) is 6.01. The number of nitrogens with one attached hydrogen (secondary N) is 1. The highest BCUT2D eigenvalue weighted by Crippen LogP contribution is 2.27. The van der Waals surface area contributed by atoms with Gasteiger partial charge in [-0.3, -0.25) is 14.6 Å². The summed E-state index contributed by atoms with van der Waals surface area (Å²) in [6.07, 6.45) is 3.44. The van der Waals surface area contributed by atoms with E-state index < -0.39 is 0 Å². The lowest BCUT2D eigenvalue weighted by Gasteiger charge is -2.18. The van der Waals surface area contributed by atoms with Crippen molar-refractivity contribution in [3.8, 4) is 0 Å². The van der Waals surface area contributed by atoms with Crippen molar-refractivity contribution in [3.63, 3.8) is 0 Å². The second kappa shape index (κ2) is 5.20. The van der Waals surface area contributed by atoms with Gasteiger partial charge in [0.05, 0.1) is 7.11 Å². The van der Waals surface area contributed by atoms with E-state index in [4.69, 9.17) is 4.84 Å². The lowest BCUT2D eigenvalue weighted by atomic mass is 10.2. The molecule has 0 saturated heterocycles. The van der Waals surface area contributed by atoms with Crippen LogP contribution in [0.25, 0.3) is 5.70 Å². The summed E-state index contributed by atoms with van der Waals surface area (Å²) in [5, 5.41) is 5.97. The SMILES string of the molecule is CON(C)C(=O)C1NC(c2ccncc2)=CS1. The Bertz CT molecular complexity index is 436. The van der Waals surface area contributed by atoms with E-state index in [0.717, 1.165) is 11.3 Å². The summed E-state index contributed by atoms with van der Waals surface area (Å²) in [5.74, 6) is -0.113. The van der Waals surface area contributed by atoms with E-state index in [9.17, 15) is 4.79 Å². The summed E-state index contributed by atoms with van der Waals surface area (Å²) in [6.45, 7) is 0. The highest BCUT2D eigenvalue weighted by Gasteiger charge is 2.27. The van der Waals surface area contributed by atoms with E-state index in [1.54, 1.807) is 19.4 Å². The molecule has 0 aromatic carbocycles. The molecule has 1 N–H and O–H groups in total. The van der Waals surface area contributed by atoms with E-state index in [2.05, 4.69) is 10.3 Å². The standard InChI is InChI=1S/C11H13N3O2S/c1-14(16-2)11(15)10-13-9(7-17-10)8-3-5-12-6-4-8/h3-7,10,13H,1-2H3. The lowest BCUT2D eigenvalue weighted by Crippen LogP contribution is -2.39. The monoisotopic (exact) mass is 251 g/mol. The van der Waals surface area contributed by atoms with Crippen molar-refractivity contribution in [1.82, 2.24) is 15.4 Å². The average molecular weight is 251 g/mol. The topological polar surface area (TPSA) is 54.5 Å². The molecule has 0 radical (unpaired) electrons. The van der Waals surface area contributed by atoms with Gasteiger partial charge in [0.25, 0.3) is 5.91 Å². The predicted molar refractivity (Wildman–Crippen MR) is 66.5 cm³/mol. The van der Waals surface area contributed by atoms with E-state index in [1.807, 2.05) is 17.5 Å². The number of thioether (sulfide) groups is 1. The van der Waals surface area contributed by atoms with Crippen molar-refractivity contribution in [2.45, 2.75) is 5.37 Å². The van der Waals surface area contributed by atoms with Crippen LogP contribution in [-0.2, 0) is 9.63 Å². The number of amides is 1. The molecule has 2 rings (SSSR count). The number of hydroxylamine groups is 2. The molecule has 2 heterocycles. The van der Waals surface area contributed by atoms with Crippen LogP contribution in [0.4, 0.5) is 0 Å². The van der Waals surface area contributed by atoms with Gasteiger partial charge >= 0.3 is 0 Å². The summed E-state index contributed by atoms with van der Waals surface area (Å²) >= 11 is 1.43. The Morgan fingerprint density at radius 3 is 2.88 bits per heavy atom. The number of rotatable bonds is 3. The molecule has 6 heteroatoms. The van der Waals surface area contributed by atoms with Gasteiger partial charge in [-0.05, 0) is 17.5 Å². The molecular weight excluding hydrogens is 238 g/mol. The molecule has 1 atom stereocenters. The summed E-state index contributed by atoms with van der Waals surface area (Å²) in [6, 6.07) is 3.79. The van der Waals surface area contributed by atoms with Crippen molar-refractivity contribution in [2.24, 2.45) is 0 Å². The van der Waals surface area contributed by atoms with Crippen molar-refractivity contribution in [3.05, 3.63) is 35.5 Å². The van der Waals surface area contributed by atoms with Crippen molar-refractivity contribution in [2.75, 3.05) is 14.2 Å². The molecule has 1 aromatic heterocycles. The van der Waals surface area contributed by atoms with Gasteiger partial charge in [-0.1, -0.05) is 11.8 Å². The second-order valence-corrected chi connectivity index (χ2v) is 4.43. The number of carbonyl (C=O) groups excluding carboxylic acids is 1. The molecule has 1 unspecified atom stereocenters. The first-order chi connectivity index (χ1) is 8.22. The Morgan fingerprint density at radius 2 is 2.24 bits per heavy atom. The van der Waals surface area contributed by atoms with Crippen molar-refractivity contribution >= 4 is 23.4 Å². The van der Waals surface area contributed by atoms with Crippen LogP contribution in [0, 0.1) is 0 Å². The zero-order chi connectivity index (χ0) is 12.3. The van der Waals surface area contributed by atoms with Crippen molar-refractivity contribution < 1.29 is 9.63 Å². The summed E-state index contributed by atoms with van der Waals surface area (Å²) in [7, 11) is 3.06. The molecule has 1 aromatic rings. The molecule has 1 aliphatic rings. The predicted octanol–water partition coefficient (Wildman–Crippen LogP) is 1.06. The van der Waals surface area contributed by atoms with E-state index in [-0.39, 0.29) is 11.3 Å². The van der Waals surface area contributed by atoms with Crippen molar-refractivity contribution in [1.29, 1.82) is 0 Å². The van der Waals surface area contributed by atoms with Crippen LogP contribution >= 0.6 is 11.8 Å². The molecule has 17 heavy (non-hydrogen) atoms. The molecule has 0 spiro atoms. The van der Waals surface area contributed by atoms with Gasteiger partial charge in [-0.15, -0.1) is 0 Å². The largest absolute Gasteiger partial charge is 0.364 e. The van der Waals surface area contributed by atoms with Crippen LogP contribution in [0.5, 0.6) is 0 Å². The van der Waals surface area contributed by atoms with E-state index in [1.165, 1.54) is 23.9 Å². The first kappa shape index (κ1) is 11.9. The van der Waals surface area contributed by atoms with Gasteiger partial charge < -0.3 is 5.32 Å². The Morgan fingerprint density at radius 1 is 1.53 bits per heavy atom. The van der Waals surface area contributed by atoms with Crippen LogP contribution in [0.3, 0.4) is 0 Å². The minimum atomic E-state index is -0.330. The summed E-state index contributed by atoms with van der Waals surface area (Å²) in [5.41, 5.74) is 1.95. The lowest BCUT2D eigenvalue weighted by molar-refractivity contribution is -0.168. The van der Waals surface area contributed by atoms with Crippen LogP contribution in [0.15, 0.2) is 29.9 Å². The highest BCUT2D eigenvalue weighted by molar-refractivity contribution is 8.03. The van der Waals surface area contributed by atoms with Gasteiger partial charge in [0, 0.05) is 30.7 Å². The second-order valence-electron chi connectivity index (χ2n) is 3.45. The molecule has 0 aliphatic carbocycles. The van der Waals surface area contributed by atoms with Gasteiger partial charge in [0.15, 0.2) is 5.37 Å². The molecule has 0 fully saturated rings. The van der Waals surface area contributed by atoms with Crippen LogP contribution < -0.4 is 5.32 Å². The molecular formula is C11H13N3O2S. The van der Waals surface area contributed by atoms with Gasteiger partial charge in [-0.25, -0.2) is 5.06 Å². The van der Waals surface area contributed by atoms with E-state index in [0.29, 0.717) is 0 Å². The Balaban J connectivity index is 2.02. The highest BCUT2D eigenvalue weighted by atomic mass is 32.2. The molecule has 90 valence electrons.